The summed E-state index contributed by atoms with van der Waals surface area (Å²) in [7, 11) is 0. The molecule has 0 spiro atoms. The van der Waals surface area contributed by atoms with Crippen LogP contribution in [0.1, 0.15) is 37.7 Å². The molecule has 0 N–H and O–H groups in total. The zero-order chi connectivity index (χ0) is 17.2. The number of hydrogen-bond acceptors (Lipinski definition) is 2. The Morgan fingerprint density at radius 3 is 2.29 bits per heavy atom. The van der Waals surface area contributed by atoms with E-state index >= 15 is 0 Å². The maximum Gasteiger partial charge on any atom is 0.253 e. The number of nitrogens with zero attached hydrogens (tertiary/aromatic N) is 1. The standard InChI is InChI=1S/C19H20Cl3NO/c20-19(21,22)18(24)16-10-9-15(13-14-7-3-1-4-8-14)17(16)23-11-5-2-6-12-23/h1,3-4,7-8,13H,2,5-6,9-12H2/b15-13+. The molecule has 128 valence electrons. The average molecular weight is 385 g/mol. The summed E-state index contributed by atoms with van der Waals surface area (Å²) >= 11 is 17.7. The predicted octanol–water partition coefficient (Wildman–Crippen LogP) is 5.54. The SMILES string of the molecule is O=C(C1=C(N2CCCCC2)/C(=C/c2ccccc2)CC1)C(Cl)(Cl)Cl. The lowest BCUT2D eigenvalue weighted by Gasteiger charge is -2.32. The number of carbonyl (C=O) groups excluding carboxylic acids is 1. The summed E-state index contributed by atoms with van der Waals surface area (Å²) in [6, 6.07) is 10.2. The van der Waals surface area contributed by atoms with Crippen LogP contribution in [0.4, 0.5) is 0 Å². The summed E-state index contributed by atoms with van der Waals surface area (Å²) in [5.74, 6) is -0.385. The second-order valence-electron chi connectivity index (χ2n) is 6.28. The molecule has 0 saturated carbocycles. The molecular weight excluding hydrogens is 365 g/mol. The van der Waals surface area contributed by atoms with Crippen LogP contribution in [0, 0.1) is 0 Å². The van der Waals surface area contributed by atoms with Gasteiger partial charge in [0.25, 0.3) is 3.79 Å². The molecule has 0 unspecified atom stereocenters. The van der Waals surface area contributed by atoms with Crippen molar-refractivity contribution in [1.29, 1.82) is 0 Å². The van der Waals surface area contributed by atoms with Gasteiger partial charge in [-0.3, -0.25) is 4.79 Å². The highest BCUT2D eigenvalue weighted by molar-refractivity contribution is 6.77. The first-order chi connectivity index (χ1) is 11.5. The second-order valence-corrected chi connectivity index (χ2v) is 8.56. The van der Waals surface area contributed by atoms with E-state index in [0.29, 0.717) is 12.0 Å². The summed E-state index contributed by atoms with van der Waals surface area (Å²) in [4.78, 5) is 14.9. The Morgan fingerprint density at radius 1 is 1.00 bits per heavy atom. The van der Waals surface area contributed by atoms with E-state index < -0.39 is 3.79 Å². The van der Waals surface area contributed by atoms with Crippen molar-refractivity contribution in [3.63, 3.8) is 0 Å². The minimum atomic E-state index is -1.89. The van der Waals surface area contributed by atoms with Crippen molar-refractivity contribution < 1.29 is 4.79 Å². The fraction of sp³-hybridized carbons (Fsp3) is 0.421. The van der Waals surface area contributed by atoms with Gasteiger partial charge in [-0.15, -0.1) is 0 Å². The first-order valence-corrected chi connectivity index (χ1v) is 9.46. The Morgan fingerprint density at radius 2 is 1.67 bits per heavy atom. The van der Waals surface area contributed by atoms with Crippen molar-refractivity contribution in [3.8, 4) is 0 Å². The van der Waals surface area contributed by atoms with Crippen molar-refractivity contribution >= 4 is 46.7 Å². The van der Waals surface area contributed by atoms with Gasteiger partial charge in [-0.2, -0.15) is 0 Å². The molecule has 1 saturated heterocycles. The van der Waals surface area contributed by atoms with Crippen LogP contribution in [0.3, 0.4) is 0 Å². The number of likely N-dealkylation sites (tertiary alicyclic amines) is 1. The highest BCUT2D eigenvalue weighted by Crippen LogP contribution is 2.41. The number of carbonyl (C=O) groups is 1. The van der Waals surface area contributed by atoms with Crippen LogP contribution in [-0.4, -0.2) is 27.6 Å². The smallest absolute Gasteiger partial charge is 0.253 e. The van der Waals surface area contributed by atoms with Crippen LogP contribution in [0.5, 0.6) is 0 Å². The highest BCUT2D eigenvalue weighted by atomic mass is 35.6. The van der Waals surface area contributed by atoms with E-state index in [4.69, 9.17) is 34.8 Å². The number of rotatable bonds is 3. The van der Waals surface area contributed by atoms with Gasteiger partial charge in [0.15, 0.2) is 0 Å². The van der Waals surface area contributed by atoms with Gasteiger partial charge in [-0.25, -0.2) is 0 Å². The summed E-state index contributed by atoms with van der Waals surface area (Å²) < 4.78 is -1.89. The van der Waals surface area contributed by atoms with Crippen molar-refractivity contribution in [2.75, 3.05) is 13.1 Å². The quantitative estimate of drug-likeness (QED) is 0.637. The van der Waals surface area contributed by atoms with E-state index in [9.17, 15) is 4.79 Å². The van der Waals surface area contributed by atoms with Crippen molar-refractivity contribution in [3.05, 3.63) is 52.7 Å². The van der Waals surface area contributed by atoms with Crippen molar-refractivity contribution in [2.24, 2.45) is 0 Å². The van der Waals surface area contributed by atoms with Gasteiger partial charge in [-0.1, -0.05) is 65.1 Å². The maximum atomic E-state index is 12.6. The molecule has 2 aliphatic rings. The molecule has 0 bridgehead atoms. The molecular formula is C19H20Cl3NO. The summed E-state index contributed by atoms with van der Waals surface area (Å²) in [6.45, 7) is 1.91. The van der Waals surface area contributed by atoms with Gasteiger partial charge in [0.2, 0.25) is 5.78 Å². The van der Waals surface area contributed by atoms with Crippen LogP contribution in [0.15, 0.2) is 47.2 Å². The summed E-state index contributed by atoms with van der Waals surface area (Å²) in [6.07, 6.45) is 7.10. The normalized spacial score (nSPS) is 20.8. The summed E-state index contributed by atoms with van der Waals surface area (Å²) in [5, 5.41) is 0. The number of ketones is 1. The van der Waals surface area contributed by atoms with Crippen LogP contribution in [0.2, 0.25) is 0 Å². The van der Waals surface area contributed by atoms with Crippen LogP contribution in [0.25, 0.3) is 6.08 Å². The molecule has 1 aromatic rings. The van der Waals surface area contributed by atoms with Crippen LogP contribution in [-0.2, 0) is 4.79 Å². The minimum Gasteiger partial charge on any atom is -0.371 e. The molecule has 1 aliphatic heterocycles. The van der Waals surface area contributed by atoms with E-state index in [1.54, 1.807) is 0 Å². The summed E-state index contributed by atoms with van der Waals surface area (Å²) in [5.41, 5.74) is 3.96. The fourth-order valence-electron chi connectivity index (χ4n) is 3.48. The monoisotopic (exact) mass is 383 g/mol. The topological polar surface area (TPSA) is 20.3 Å². The number of allylic oxidation sites excluding steroid dienone is 2. The van der Waals surface area contributed by atoms with Gasteiger partial charge >= 0.3 is 0 Å². The molecule has 24 heavy (non-hydrogen) atoms. The molecule has 0 radical (unpaired) electrons. The number of halogens is 3. The molecule has 5 heteroatoms. The highest BCUT2D eigenvalue weighted by Gasteiger charge is 2.38. The Bertz CT molecular complexity index is 668. The molecule has 1 aromatic carbocycles. The minimum absolute atomic E-state index is 0.385. The lowest BCUT2D eigenvalue weighted by atomic mass is 10.0. The third-order valence-corrected chi connectivity index (χ3v) is 5.09. The molecule has 0 amide bonds. The number of piperidine rings is 1. The zero-order valence-corrected chi connectivity index (χ0v) is 15.7. The van der Waals surface area contributed by atoms with Gasteiger partial charge in [0.05, 0.1) is 0 Å². The van der Waals surface area contributed by atoms with Crippen LogP contribution >= 0.6 is 34.8 Å². The Balaban J connectivity index is 2.02. The van der Waals surface area contributed by atoms with E-state index in [1.807, 2.05) is 18.2 Å². The Hall–Kier alpha value is -0.960. The third kappa shape index (κ3) is 3.99. The Labute approximate surface area is 158 Å². The average Bonchev–Trinajstić information content (AvgIpc) is 2.98. The Kier molecular flexibility index (Phi) is 5.59. The fourth-order valence-corrected chi connectivity index (χ4v) is 3.83. The lowest BCUT2D eigenvalue weighted by Crippen LogP contribution is -2.32. The van der Waals surface area contributed by atoms with E-state index in [2.05, 4.69) is 23.1 Å². The number of hydrogen-bond donors (Lipinski definition) is 0. The van der Waals surface area contributed by atoms with Gasteiger partial charge in [0.1, 0.15) is 0 Å². The molecule has 0 aromatic heterocycles. The van der Waals surface area contributed by atoms with E-state index in [1.165, 1.54) is 12.0 Å². The first kappa shape index (κ1) is 17.8. The van der Waals surface area contributed by atoms with E-state index in [-0.39, 0.29) is 5.78 Å². The lowest BCUT2D eigenvalue weighted by molar-refractivity contribution is -0.115. The molecule has 1 fully saturated rings. The largest absolute Gasteiger partial charge is 0.371 e. The number of alkyl halides is 3. The van der Waals surface area contributed by atoms with Gasteiger partial charge < -0.3 is 4.90 Å². The maximum absolute atomic E-state index is 12.6. The molecule has 3 rings (SSSR count). The van der Waals surface area contributed by atoms with E-state index in [0.717, 1.165) is 43.6 Å². The zero-order valence-electron chi connectivity index (χ0n) is 13.4. The third-order valence-electron chi connectivity index (χ3n) is 4.58. The predicted molar refractivity (Wildman–Crippen MR) is 101 cm³/mol. The van der Waals surface area contributed by atoms with Gasteiger partial charge in [0, 0.05) is 24.4 Å². The van der Waals surface area contributed by atoms with Crippen molar-refractivity contribution in [1.82, 2.24) is 4.90 Å². The molecule has 0 atom stereocenters. The molecule has 2 nitrogen and oxygen atoms in total. The van der Waals surface area contributed by atoms with Crippen molar-refractivity contribution in [2.45, 2.75) is 35.9 Å². The molecule has 1 heterocycles. The number of Topliss-reactive ketones (excluding diaryl/α,β-unsaturated/α-hetero) is 1. The number of benzene rings is 1. The first-order valence-electron chi connectivity index (χ1n) is 8.32. The van der Waals surface area contributed by atoms with Crippen LogP contribution < -0.4 is 0 Å². The second kappa shape index (κ2) is 7.51. The molecule has 1 aliphatic carbocycles. The van der Waals surface area contributed by atoms with Gasteiger partial charge in [-0.05, 0) is 49.3 Å².